The second kappa shape index (κ2) is 5.87. The molecule has 6 heteroatoms. The average Bonchev–Trinajstić information content (AvgIpc) is 2.45. The van der Waals surface area contributed by atoms with Crippen LogP contribution in [-0.4, -0.2) is 5.91 Å². The maximum Gasteiger partial charge on any atom is 0.416 e. The Bertz CT molecular complexity index is 636. The zero-order valence-corrected chi connectivity index (χ0v) is 10.9. The molecule has 110 valence electrons. The van der Waals surface area contributed by atoms with Gasteiger partial charge >= 0.3 is 6.18 Å². The first-order chi connectivity index (χ1) is 9.86. The van der Waals surface area contributed by atoms with Gasteiger partial charge in [0, 0.05) is 17.8 Å². The van der Waals surface area contributed by atoms with Gasteiger partial charge in [-0.15, -0.1) is 0 Å². The van der Waals surface area contributed by atoms with E-state index < -0.39 is 11.7 Å². The van der Waals surface area contributed by atoms with Crippen LogP contribution in [0.15, 0.2) is 48.5 Å². The first-order valence-electron chi connectivity index (χ1n) is 6.16. The fraction of sp³-hybridized carbons (Fsp3) is 0.133. The Morgan fingerprint density at radius 2 is 1.76 bits per heavy atom. The van der Waals surface area contributed by atoms with Gasteiger partial charge in [-0.25, -0.2) is 0 Å². The molecule has 0 unspecified atom stereocenters. The Morgan fingerprint density at radius 1 is 1.10 bits per heavy atom. The highest BCUT2D eigenvalue weighted by molar-refractivity contribution is 5.94. The van der Waals surface area contributed by atoms with Gasteiger partial charge in [-0.3, -0.25) is 4.79 Å². The second-order valence-electron chi connectivity index (χ2n) is 4.50. The summed E-state index contributed by atoms with van der Waals surface area (Å²) in [4.78, 5) is 11.8. The summed E-state index contributed by atoms with van der Waals surface area (Å²) in [6.07, 6.45) is -4.39. The van der Waals surface area contributed by atoms with Gasteiger partial charge in [-0.2, -0.15) is 13.2 Å². The number of hydrogen-bond acceptors (Lipinski definition) is 2. The minimum Gasteiger partial charge on any atom is -0.399 e. The quantitative estimate of drug-likeness (QED) is 0.854. The smallest absolute Gasteiger partial charge is 0.399 e. The molecule has 3 N–H and O–H groups in total. The fourth-order valence-electron chi connectivity index (χ4n) is 1.78. The zero-order chi connectivity index (χ0) is 15.5. The summed E-state index contributed by atoms with van der Waals surface area (Å²) in [6.45, 7) is 0.0210. The summed E-state index contributed by atoms with van der Waals surface area (Å²) < 4.78 is 37.7. The van der Waals surface area contributed by atoms with Crippen molar-refractivity contribution in [2.45, 2.75) is 12.7 Å². The van der Waals surface area contributed by atoms with Crippen LogP contribution in [-0.2, 0) is 12.7 Å². The van der Waals surface area contributed by atoms with E-state index in [2.05, 4.69) is 5.32 Å². The molecule has 0 bridgehead atoms. The number of alkyl halides is 3. The number of nitrogen functional groups attached to an aromatic ring is 1. The molecule has 0 saturated heterocycles. The van der Waals surface area contributed by atoms with E-state index in [0.29, 0.717) is 16.8 Å². The molecule has 0 fully saturated rings. The van der Waals surface area contributed by atoms with E-state index in [0.717, 1.165) is 12.1 Å². The summed E-state index contributed by atoms with van der Waals surface area (Å²) >= 11 is 0. The second-order valence-corrected chi connectivity index (χ2v) is 4.50. The minimum absolute atomic E-state index is 0.0210. The molecule has 0 aliphatic heterocycles. The van der Waals surface area contributed by atoms with E-state index in [1.54, 1.807) is 24.3 Å². The normalized spacial score (nSPS) is 11.2. The van der Waals surface area contributed by atoms with Gasteiger partial charge in [0.1, 0.15) is 0 Å². The van der Waals surface area contributed by atoms with Crippen molar-refractivity contribution in [2.24, 2.45) is 0 Å². The number of carbonyl (C=O) groups excluding carboxylic acids is 1. The SMILES string of the molecule is Nc1ccc(C(=O)NCc2cccc(C(F)(F)F)c2)cc1. The third-order valence-electron chi connectivity index (χ3n) is 2.88. The summed E-state index contributed by atoms with van der Waals surface area (Å²) in [5, 5.41) is 2.57. The number of halogens is 3. The van der Waals surface area contributed by atoms with Gasteiger partial charge in [0.15, 0.2) is 0 Å². The summed E-state index contributed by atoms with van der Waals surface area (Å²) in [6, 6.07) is 11.1. The molecular weight excluding hydrogens is 281 g/mol. The molecule has 0 atom stereocenters. The van der Waals surface area contributed by atoms with Gasteiger partial charge in [0.05, 0.1) is 5.56 Å². The highest BCUT2D eigenvalue weighted by Crippen LogP contribution is 2.29. The number of nitrogens with two attached hydrogens (primary N) is 1. The predicted octanol–water partition coefficient (Wildman–Crippen LogP) is 3.22. The van der Waals surface area contributed by atoms with Crippen molar-refractivity contribution in [1.29, 1.82) is 0 Å². The van der Waals surface area contributed by atoms with Gasteiger partial charge in [-0.1, -0.05) is 12.1 Å². The largest absolute Gasteiger partial charge is 0.416 e. The highest BCUT2D eigenvalue weighted by atomic mass is 19.4. The van der Waals surface area contributed by atoms with E-state index in [1.165, 1.54) is 12.1 Å². The van der Waals surface area contributed by atoms with E-state index in [1.807, 2.05) is 0 Å². The number of anilines is 1. The molecule has 0 radical (unpaired) electrons. The predicted molar refractivity (Wildman–Crippen MR) is 73.5 cm³/mol. The first kappa shape index (κ1) is 14.9. The molecule has 2 rings (SSSR count). The van der Waals surface area contributed by atoms with Gasteiger partial charge in [0.25, 0.3) is 5.91 Å². The number of carbonyl (C=O) groups is 1. The Hall–Kier alpha value is -2.50. The van der Waals surface area contributed by atoms with Crippen LogP contribution >= 0.6 is 0 Å². The Labute approximate surface area is 119 Å². The van der Waals surface area contributed by atoms with Crippen molar-refractivity contribution in [3.63, 3.8) is 0 Å². The van der Waals surface area contributed by atoms with Gasteiger partial charge < -0.3 is 11.1 Å². The van der Waals surface area contributed by atoms with E-state index >= 15 is 0 Å². The van der Waals surface area contributed by atoms with Crippen molar-refractivity contribution < 1.29 is 18.0 Å². The monoisotopic (exact) mass is 294 g/mol. The fourth-order valence-corrected chi connectivity index (χ4v) is 1.78. The topological polar surface area (TPSA) is 55.1 Å². The molecule has 0 aliphatic carbocycles. The van der Waals surface area contributed by atoms with Gasteiger partial charge in [-0.05, 0) is 42.0 Å². The van der Waals surface area contributed by atoms with Crippen LogP contribution in [0, 0.1) is 0 Å². The van der Waals surface area contributed by atoms with E-state index in [9.17, 15) is 18.0 Å². The van der Waals surface area contributed by atoms with E-state index in [-0.39, 0.29) is 12.5 Å². The highest BCUT2D eigenvalue weighted by Gasteiger charge is 2.30. The summed E-state index contributed by atoms with van der Waals surface area (Å²) in [5.41, 5.74) is 6.09. The van der Waals surface area contributed by atoms with Crippen LogP contribution < -0.4 is 11.1 Å². The molecule has 0 saturated carbocycles. The summed E-state index contributed by atoms with van der Waals surface area (Å²) in [5.74, 6) is -0.368. The molecular formula is C15H13F3N2O. The van der Waals surface area contributed by atoms with Crippen molar-refractivity contribution in [3.8, 4) is 0 Å². The van der Waals surface area contributed by atoms with Crippen LogP contribution in [0.2, 0.25) is 0 Å². The Morgan fingerprint density at radius 3 is 2.38 bits per heavy atom. The van der Waals surface area contributed by atoms with Gasteiger partial charge in [0.2, 0.25) is 0 Å². The lowest BCUT2D eigenvalue weighted by molar-refractivity contribution is -0.137. The molecule has 1 amide bonds. The zero-order valence-electron chi connectivity index (χ0n) is 10.9. The summed E-state index contributed by atoms with van der Waals surface area (Å²) in [7, 11) is 0. The van der Waals surface area contributed by atoms with Crippen LogP contribution in [0.3, 0.4) is 0 Å². The maximum absolute atomic E-state index is 12.6. The molecule has 2 aromatic rings. The Balaban J connectivity index is 2.03. The van der Waals surface area contributed by atoms with E-state index in [4.69, 9.17) is 5.73 Å². The third kappa shape index (κ3) is 3.98. The van der Waals surface area contributed by atoms with Crippen LogP contribution in [0.5, 0.6) is 0 Å². The lowest BCUT2D eigenvalue weighted by atomic mass is 10.1. The number of hydrogen-bond donors (Lipinski definition) is 2. The number of amides is 1. The molecule has 0 aliphatic rings. The van der Waals surface area contributed by atoms with Crippen molar-refractivity contribution in [1.82, 2.24) is 5.32 Å². The lowest BCUT2D eigenvalue weighted by Gasteiger charge is -2.09. The minimum atomic E-state index is -4.39. The van der Waals surface area contributed by atoms with Crippen LogP contribution in [0.1, 0.15) is 21.5 Å². The lowest BCUT2D eigenvalue weighted by Crippen LogP contribution is -2.23. The maximum atomic E-state index is 12.6. The molecule has 2 aromatic carbocycles. The molecule has 21 heavy (non-hydrogen) atoms. The number of benzene rings is 2. The molecule has 0 spiro atoms. The molecule has 3 nitrogen and oxygen atoms in total. The number of rotatable bonds is 3. The standard InChI is InChI=1S/C15H13F3N2O/c16-15(17,18)12-3-1-2-10(8-12)9-20-14(21)11-4-6-13(19)7-5-11/h1-8H,9,19H2,(H,20,21). The molecule has 0 heterocycles. The average molecular weight is 294 g/mol. The van der Waals surface area contributed by atoms with Crippen molar-refractivity contribution in [2.75, 3.05) is 5.73 Å². The third-order valence-corrected chi connectivity index (χ3v) is 2.88. The van der Waals surface area contributed by atoms with Crippen LogP contribution in [0.25, 0.3) is 0 Å². The van der Waals surface area contributed by atoms with Crippen LogP contribution in [0.4, 0.5) is 18.9 Å². The Kier molecular flexibility index (Phi) is 4.16. The number of nitrogens with one attached hydrogen (secondary N) is 1. The van der Waals surface area contributed by atoms with Crippen molar-refractivity contribution >= 4 is 11.6 Å². The van der Waals surface area contributed by atoms with Crippen molar-refractivity contribution in [3.05, 3.63) is 65.2 Å². The molecule has 0 aromatic heterocycles. The first-order valence-corrected chi connectivity index (χ1v) is 6.16.